The number of anilines is 1. The first-order chi connectivity index (χ1) is 13.7. The molecule has 0 radical (unpaired) electrons. The number of aromatic nitrogens is 1. The van der Waals surface area contributed by atoms with Gasteiger partial charge >= 0.3 is 6.03 Å². The number of hydrogen-bond acceptors (Lipinski definition) is 5. The number of carbonyl (C=O) groups excluding carboxylic acids is 2. The van der Waals surface area contributed by atoms with Crippen molar-refractivity contribution in [2.45, 2.75) is 25.3 Å². The fourth-order valence-corrected chi connectivity index (χ4v) is 4.67. The van der Waals surface area contributed by atoms with Gasteiger partial charge in [-0.05, 0) is 61.5 Å². The highest BCUT2D eigenvalue weighted by molar-refractivity contribution is 7.13. The van der Waals surface area contributed by atoms with E-state index in [4.69, 9.17) is 0 Å². The van der Waals surface area contributed by atoms with Gasteiger partial charge in [-0.3, -0.25) is 4.79 Å². The highest BCUT2D eigenvalue weighted by Gasteiger charge is 2.26. The Labute approximate surface area is 168 Å². The lowest BCUT2D eigenvalue weighted by Crippen LogP contribution is -2.50. The summed E-state index contributed by atoms with van der Waals surface area (Å²) in [6.07, 6.45) is 5.00. The molecule has 28 heavy (non-hydrogen) atoms. The van der Waals surface area contributed by atoms with Crippen LogP contribution in [0.4, 0.5) is 10.5 Å². The van der Waals surface area contributed by atoms with Crippen LogP contribution in [0.15, 0.2) is 30.9 Å². The van der Waals surface area contributed by atoms with E-state index in [-0.39, 0.29) is 23.9 Å². The number of nitrogens with zero attached hydrogens (tertiary/aromatic N) is 2. The van der Waals surface area contributed by atoms with Crippen LogP contribution in [0.5, 0.6) is 0 Å². The zero-order valence-corrected chi connectivity index (χ0v) is 16.6. The number of hydrogen-bond donors (Lipinski definition) is 3. The first kappa shape index (κ1) is 18.9. The molecule has 2 aliphatic heterocycles. The van der Waals surface area contributed by atoms with Gasteiger partial charge in [0.05, 0.1) is 4.70 Å². The minimum Gasteiger partial charge on any atom is -0.346 e. The Morgan fingerprint density at radius 3 is 2.93 bits per heavy atom. The third-order valence-corrected chi connectivity index (χ3v) is 6.29. The molecule has 4 rings (SSSR count). The predicted molar refractivity (Wildman–Crippen MR) is 112 cm³/mol. The Morgan fingerprint density at radius 1 is 1.32 bits per heavy atom. The number of amides is 3. The van der Waals surface area contributed by atoms with Crippen LogP contribution in [0.3, 0.4) is 0 Å². The maximum atomic E-state index is 12.8. The molecule has 7 nitrogen and oxygen atoms in total. The maximum Gasteiger partial charge on any atom is 0.321 e. The van der Waals surface area contributed by atoms with Crippen molar-refractivity contribution in [1.29, 1.82) is 0 Å². The topological polar surface area (TPSA) is 86.4 Å². The number of urea groups is 1. The first-order valence-electron chi connectivity index (χ1n) is 9.75. The second-order valence-electron chi connectivity index (χ2n) is 7.34. The lowest BCUT2D eigenvalue weighted by atomic mass is 9.93. The number of carbonyl (C=O) groups is 2. The lowest BCUT2D eigenvalue weighted by Gasteiger charge is -2.30. The molecule has 2 atom stereocenters. The largest absolute Gasteiger partial charge is 0.346 e. The van der Waals surface area contributed by atoms with Crippen molar-refractivity contribution < 1.29 is 9.59 Å². The summed E-state index contributed by atoms with van der Waals surface area (Å²) in [5.41, 5.74) is 1.16. The molecule has 0 unspecified atom stereocenters. The minimum atomic E-state index is -0.166. The summed E-state index contributed by atoms with van der Waals surface area (Å²) in [6.45, 7) is 7.17. The Bertz CT molecular complexity index is 890. The molecule has 0 saturated carbocycles. The van der Waals surface area contributed by atoms with Crippen molar-refractivity contribution in [1.82, 2.24) is 19.9 Å². The smallest absolute Gasteiger partial charge is 0.321 e. The minimum absolute atomic E-state index is 0.0227. The second-order valence-corrected chi connectivity index (χ2v) is 8.14. The van der Waals surface area contributed by atoms with Crippen LogP contribution in [0.25, 0.3) is 10.1 Å². The molecule has 148 valence electrons. The van der Waals surface area contributed by atoms with Gasteiger partial charge in [0, 0.05) is 36.7 Å². The summed E-state index contributed by atoms with van der Waals surface area (Å²) in [7, 11) is 0. The van der Waals surface area contributed by atoms with Crippen molar-refractivity contribution in [3.63, 3.8) is 0 Å². The predicted octanol–water partition coefficient (Wildman–Crippen LogP) is 2.82. The Hall–Kier alpha value is -2.45. The quantitative estimate of drug-likeness (QED) is 0.690. The van der Waals surface area contributed by atoms with Gasteiger partial charge in [0.2, 0.25) is 0 Å². The third-order valence-electron chi connectivity index (χ3n) is 5.49. The molecule has 0 bridgehead atoms. The van der Waals surface area contributed by atoms with Crippen LogP contribution < -0.4 is 16.0 Å². The van der Waals surface area contributed by atoms with E-state index in [0.717, 1.165) is 61.2 Å². The van der Waals surface area contributed by atoms with Gasteiger partial charge in [0.15, 0.2) is 0 Å². The van der Waals surface area contributed by atoms with E-state index >= 15 is 0 Å². The number of likely N-dealkylation sites (tertiary alicyclic amines) is 1. The zero-order chi connectivity index (χ0) is 19.5. The molecule has 1 aromatic heterocycles. The van der Waals surface area contributed by atoms with Crippen molar-refractivity contribution >= 4 is 39.2 Å². The van der Waals surface area contributed by atoms with Gasteiger partial charge in [-0.2, -0.15) is 4.37 Å². The third kappa shape index (κ3) is 3.88. The Balaban J connectivity index is 1.47. The summed E-state index contributed by atoms with van der Waals surface area (Å²) < 4.78 is 5.25. The van der Waals surface area contributed by atoms with Gasteiger partial charge in [-0.25, -0.2) is 4.79 Å². The normalized spacial score (nSPS) is 22.2. The van der Waals surface area contributed by atoms with Crippen LogP contribution in [0, 0.1) is 5.92 Å². The highest BCUT2D eigenvalue weighted by Crippen LogP contribution is 2.27. The van der Waals surface area contributed by atoms with Crippen molar-refractivity contribution in [3.05, 3.63) is 36.5 Å². The molecule has 2 saturated heterocycles. The molecule has 3 N–H and O–H groups in total. The van der Waals surface area contributed by atoms with Crippen LogP contribution in [0.2, 0.25) is 0 Å². The van der Waals surface area contributed by atoms with Gasteiger partial charge in [-0.1, -0.05) is 6.08 Å². The second kappa shape index (κ2) is 8.28. The van der Waals surface area contributed by atoms with Crippen LogP contribution in [-0.4, -0.2) is 53.4 Å². The van der Waals surface area contributed by atoms with Gasteiger partial charge in [-0.15, -0.1) is 6.58 Å². The first-order valence-corrected chi connectivity index (χ1v) is 10.5. The molecule has 2 fully saturated rings. The highest BCUT2D eigenvalue weighted by atomic mass is 32.1. The molecule has 3 heterocycles. The molecule has 2 aromatic rings. The zero-order valence-electron chi connectivity index (χ0n) is 15.7. The number of rotatable bonds is 4. The van der Waals surface area contributed by atoms with E-state index in [1.165, 1.54) is 11.5 Å². The van der Waals surface area contributed by atoms with Gasteiger partial charge < -0.3 is 20.9 Å². The monoisotopic (exact) mass is 399 g/mol. The molecular formula is C20H25N5O2S. The summed E-state index contributed by atoms with van der Waals surface area (Å²) in [5.74, 6) is 0.100. The summed E-state index contributed by atoms with van der Waals surface area (Å²) in [5, 5.41) is 10.2. The lowest BCUT2D eigenvalue weighted by molar-refractivity contribution is 0.0918. The van der Waals surface area contributed by atoms with E-state index in [2.05, 4.69) is 26.9 Å². The van der Waals surface area contributed by atoms with Gasteiger partial charge in [0.25, 0.3) is 5.91 Å². The Kier molecular flexibility index (Phi) is 5.59. The molecule has 2 aliphatic rings. The molecule has 0 aliphatic carbocycles. The van der Waals surface area contributed by atoms with Crippen LogP contribution in [-0.2, 0) is 0 Å². The number of piperidine rings is 1. The van der Waals surface area contributed by atoms with E-state index in [1.54, 1.807) is 0 Å². The molecular weight excluding hydrogens is 374 g/mol. The van der Waals surface area contributed by atoms with Crippen molar-refractivity contribution in [2.24, 2.45) is 5.92 Å². The number of benzene rings is 1. The average molecular weight is 400 g/mol. The van der Waals surface area contributed by atoms with Crippen LogP contribution in [0.1, 0.15) is 29.8 Å². The fourth-order valence-electron chi connectivity index (χ4n) is 3.86. The van der Waals surface area contributed by atoms with E-state index in [0.29, 0.717) is 5.69 Å². The van der Waals surface area contributed by atoms with Crippen molar-refractivity contribution in [2.75, 3.05) is 31.5 Å². The van der Waals surface area contributed by atoms with Crippen LogP contribution >= 0.6 is 11.5 Å². The fraction of sp³-hybridized carbons (Fsp3) is 0.450. The standard InChI is InChI=1S/C20H25N5O2S/c1-2-13-7-8-21-12-16(13)23-19(26)18-15-6-5-14(11-17(15)28-24-18)22-20(27)25-9-3-4-10-25/h2,5-6,11,13,16,21H,1,3-4,7-10,12H2,(H,22,27)(H,23,26)/t13-,16-/m1/s1. The number of fused-ring (bicyclic) bond motifs is 1. The van der Waals surface area contributed by atoms with E-state index in [9.17, 15) is 9.59 Å². The summed E-state index contributed by atoms with van der Waals surface area (Å²) in [4.78, 5) is 26.9. The summed E-state index contributed by atoms with van der Waals surface area (Å²) in [6, 6.07) is 5.52. The van der Waals surface area contributed by atoms with E-state index in [1.807, 2.05) is 29.2 Å². The van der Waals surface area contributed by atoms with Crippen molar-refractivity contribution in [3.8, 4) is 0 Å². The SMILES string of the molecule is C=C[C@@H]1CCNC[C@H]1NC(=O)c1nsc2cc(NC(=O)N3CCCC3)ccc12. The van der Waals surface area contributed by atoms with Gasteiger partial charge in [0.1, 0.15) is 5.69 Å². The van der Waals surface area contributed by atoms with E-state index < -0.39 is 0 Å². The maximum absolute atomic E-state index is 12.8. The average Bonchev–Trinajstić information content (AvgIpc) is 3.38. The molecule has 3 amide bonds. The number of nitrogens with one attached hydrogen (secondary N) is 3. The Morgan fingerprint density at radius 2 is 2.14 bits per heavy atom. The molecule has 0 spiro atoms. The molecule has 1 aromatic carbocycles. The summed E-state index contributed by atoms with van der Waals surface area (Å²) >= 11 is 1.27. The molecule has 8 heteroatoms.